The Labute approximate surface area is 191 Å². The van der Waals surface area contributed by atoms with Gasteiger partial charge in [-0.25, -0.2) is 0 Å². The molecule has 174 valence electrons. The molecule has 0 spiro atoms. The molecule has 2 fully saturated rings. The van der Waals surface area contributed by atoms with Crippen molar-refractivity contribution in [1.29, 1.82) is 0 Å². The largest absolute Gasteiger partial charge is 0.468 e. The molecule has 2 saturated heterocycles. The van der Waals surface area contributed by atoms with E-state index in [4.69, 9.17) is 9.15 Å². The maximum absolute atomic E-state index is 5.76. The third-order valence-corrected chi connectivity index (χ3v) is 6.38. The number of benzene rings is 1. The fourth-order valence-corrected chi connectivity index (χ4v) is 4.50. The van der Waals surface area contributed by atoms with E-state index in [9.17, 15) is 0 Å². The van der Waals surface area contributed by atoms with E-state index in [0.717, 1.165) is 70.7 Å². The summed E-state index contributed by atoms with van der Waals surface area (Å²) in [5.74, 6) is 1.83. The second-order valence-electron chi connectivity index (χ2n) is 8.64. The number of hydrogen-bond donors (Lipinski definition) is 2. The van der Waals surface area contributed by atoms with Crippen molar-refractivity contribution < 1.29 is 9.15 Å². The van der Waals surface area contributed by atoms with Crippen LogP contribution < -0.4 is 10.6 Å². The van der Waals surface area contributed by atoms with Crippen molar-refractivity contribution in [1.82, 2.24) is 20.4 Å². The molecule has 1 aromatic heterocycles. The average Bonchev–Trinajstić information content (AvgIpc) is 3.38. The minimum absolute atomic E-state index is 0.225. The molecule has 2 N–H and O–H groups in total. The Morgan fingerprint density at radius 1 is 0.969 bits per heavy atom. The molecule has 1 aromatic carbocycles. The first-order valence-corrected chi connectivity index (χ1v) is 11.9. The molecule has 4 rings (SSSR count). The van der Waals surface area contributed by atoms with Crippen molar-refractivity contribution in [3.63, 3.8) is 0 Å². The normalized spacial score (nSPS) is 19.6. The standard InChI is InChI=1S/C25H37N5O2/c1-26-25(28-19-23(24-6-5-15-32-24)30-11-3-2-4-12-30)27-18-21-7-9-22(10-8-21)20-29-13-16-31-17-14-29/h5-10,15,23H,2-4,11-14,16-20H2,1H3,(H2,26,27,28). The lowest BCUT2D eigenvalue weighted by molar-refractivity contribution is 0.0342. The summed E-state index contributed by atoms with van der Waals surface area (Å²) >= 11 is 0. The summed E-state index contributed by atoms with van der Waals surface area (Å²) in [5.41, 5.74) is 2.60. The summed E-state index contributed by atoms with van der Waals surface area (Å²) in [6.07, 6.45) is 5.60. The predicted octanol–water partition coefficient (Wildman–Crippen LogP) is 3.00. The van der Waals surface area contributed by atoms with Crippen LogP contribution in [0.5, 0.6) is 0 Å². The number of nitrogens with one attached hydrogen (secondary N) is 2. The summed E-state index contributed by atoms with van der Waals surface area (Å²) in [6.45, 7) is 8.46. The first-order chi connectivity index (χ1) is 15.8. The first-order valence-electron chi connectivity index (χ1n) is 11.9. The van der Waals surface area contributed by atoms with Gasteiger partial charge in [-0.15, -0.1) is 0 Å². The fourth-order valence-electron chi connectivity index (χ4n) is 4.50. The molecule has 7 heteroatoms. The zero-order valence-electron chi connectivity index (χ0n) is 19.3. The van der Waals surface area contributed by atoms with Gasteiger partial charge in [-0.2, -0.15) is 0 Å². The highest BCUT2D eigenvalue weighted by Gasteiger charge is 2.24. The number of hydrogen-bond acceptors (Lipinski definition) is 5. The highest BCUT2D eigenvalue weighted by Crippen LogP contribution is 2.24. The molecule has 0 radical (unpaired) electrons. The molecule has 2 aliphatic heterocycles. The average molecular weight is 440 g/mol. The quantitative estimate of drug-likeness (QED) is 0.487. The predicted molar refractivity (Wildman–Crippen MR) is 128 cm³/mol. The van der Waals surface area contributed by atoms with E-state index in [-0.39, 0.29) is 6.04 Å². The number of morpholine rings is 1. The van der Waals surface area contributed by atoms with Crippen LogP contribution in [-0.4, -0.2) is 68.7 Å². The lowest BCUT2D eigenvalue weighted by Gasteiger charge is -2.33. The summed E-state index contributed by atoms with van der Waals surface area (Å²) in [5, 5.41) is 6.96. The topological polar surface area (TPSA) is 65.3 Å². The molecule has 32 heavy (non-hydrogen) atoms. The minimum atomic E-state index is 0.225. The maximum Gasteiger partial charge on any atom is 0.191 e. The van der Waals surface area contributed by atoms with Gasteiger partial charge >= 0.3 is 0 Å². The van der Waals surface area contributed by atoms with Gasteiger partial charge in [0.1, 0.15) is 5.76 Å². The highest BCUT2D eigenvalue weighted by atomic mass is 16.5. The molecule has 7 nitrogen and oxygen atoms in total. The molecular weight excluding hydrogens is 402 g/mol. The van der Waals surface area contributed by atoms with E-state index in [1.807, 2.05) is 13.1 Å². The number of furan rings is 1. The molecule has 1 unspecified atom stereocenters. The van der Waals surface area contributed by atoms with E-state index in [2.05, 4.69) is 55.8 Å². The van der Waals surface area contributed by atoms with Crippen molar-refractivity contribution in [3.8, 4) is 0 Å². The fraction of sp³-hybridized carbons (Fsp3) is 0.560. The van der Waals surface area contributed by atoms with E-state index in [1.165, 1.54) is 30.4 Å². The summed E-state index contributed by atoms with van der Waals surface area (Å²) in [4.78, 5) is 9.39. The Morgan fingerprint density at radius 2 is 1.72 bits per heavy atom. The number of nitrogens with zero attached hydrogens (tertiary/aromatic N) is 3. The molecule has 2 aromatic rings. The van der Waals surface area contributed by atoms with Crippen LogP contribution in [0.15, 0.2) is 52.1 Å². The van der Waals surface area contributed by atoms with Crippen LogP contribution in [0.4, 0.5) is 0 Å². The number of aliphatic imine (C=N–C) groups is 1. The Bertz CT molecular complexity index is 809. The number of likely N-dealkylation sites (tertiary alicyclic amines) is 1. The third-order valence-electron chi connectivity index (χ3n) is 6.38. The van der Waals surface area contributed by atoms with Gasteiger partial charge in [0, 0.05) is 39.8 Å². The lowest BCUT2D eigenvalue weighted by Crippen LogP contribution is -2.44. The van der Waals surface area contributed by atoms with Gasteiger partial charge in [0.2, 0.25) is 0 Å². The molecule has 1 atom stereocenters. The zero-order chi connectivity index (χ0) is 22.0. The Kier molecular flexibility index (Phi) is 8.59. The molecule has 2 aliphatic rings. The molecule has 0 bridgehead atoms. The van der Waals surface area contributed by atoms with Gasteiger partial charge in [-0.05, 0) is 49.2 Å². The third kappa shape index (κ3) is 6.58. The van der Waals surface area contributed by atoms with Crippen molar-refractivity contribution in [2.24, 2.45) is 4.99 Å². The van der Waals surface area contributed by atoms with Crippen LogP contribution in [0.1, 0.15) is 42.2 Å². The van der Waals surface area contributed by atoms with Crippen LogP contribution in [-0.2, 0) is 17.8 Å². The van der Waals surface area contributed by atoms with Gasteiger partial charge in [0.15, 0.2) is 5.96 Å². The number of guanidine groups is 1. The molecule has 0 saturated carbocycles. The van der Waals surface area contributed by atoms with Gasteiger partial charge in [-0.3, -0.25) is 14.8 Å². The first kappa shape index (κ1) is 22.8. The molecular formula is C25H37N5O2. The van der Waals surface area contributed by atoms with Crippen LogP contribution in [0.25, 0.3) is 0 Å². The zero-order valence-corrected chi connectivity index (χ0v) is 19.3. The monoisotopic (exact) mass is 439 g/mol. The van der Waals surface area contributed by atoms with Gasteiger partial charge in [0.25, 0.3) is 0 Å². The van der Waals surface area contributed by atoms with E-state index in [1.54, 1.807) is 6.26 Å². The second-order valence-corrected chi connectivity index (χ2v) is 8.64. The lowest BCUT2D eigenvalue weighted by atomic mass is 10.1. The molecule has 3 heterocycles. The van der Waals surface area contributed by atoms with Crippen LogP contribution in [0.2, 0.25) is 0 Å². The second kappa shape index (κ2) is 12.0. The molecule has 0 amide bonds. The van der Waals surface area contributed by atoms with E-state index in [0.29, 0.717) is 0 Å². The summed E-state index contributed by atoms with van der Waals surface area (Å²) < 4.78 is 11.2. The van der Waals surface area contributed by atoms with Crippen molar-refractivity contribution in [2.75, 3.05) is 53.0 Å². The minimum Gasteiger partial charge on any atom is -0.468 e. The van der Waals surface area contributed by atoms with Crippen molar-refractivity contribution in [3.05, 3.63) is 59.5 Å². The van der Waals surface area contributed by atoms with Gasteiger partial charge in [0.05, 0.1) is 25.5 Å². The Hall–Kier alpha value is -2.35. The highest BCUT2D eigenvalue weighted by molar-refractivity contribution is 5.79. The maximum atomic E-state index is 5.76. The smallest absolute Gasteiger partial charge is 0.191 e. The number of ether oxygens (including phenoxy) is 1. The summed E-state index contributed by atoms with van der Waals surface area (Å²) in [7, 11) is 1.82. The number of piperidine rings is 1. The molecule has 0 aliphatic carbocycles. The SMILES string of the molecule is CN=C(NCc1ccc(CN2CCOCC2)cc1)NCC(c1ccco1)N1CCCCC1. The summed E-state index contributed by atoms with van der Waals surface area (Å²) in [6, 6.07) is 13.1. The Morgan fingerprint density at radius 3 is 2.41 bits per heavy atom. The number of rotatable bonds is 8. The van der Waals surface area contributed by atoms with Gasteiger partial charge in [-0.1, -0.05) is 30.7 Å². The van der Waals surface area contributed by atoms with Crippen LogP contribution in [0, 0.1) is 0 Å². The van der Waals surface area contributed by atoms with E-state index < -0.39 is 0 Å². The van der Waals surface area contributed by atoms with Crippen molar-refractivity contribution >= 4 is 5.96 Å². The van der Waals surface area contributed by atoms with Crippen molar-refractivity contribution in [2.45, 2.75) is 38.4 Å². The Balaban J connectivity index is 1.26. The van der Waals surface area contributed by atoms with Gasteiger partial charge < -0.3 is 19.8 Å². The van der Waals surface area contributed by atoms with Crippen LogP contribution >= 0.6 is 0 Å². The van der Waals surface area contributed by atoms with E-state index >= 15 is 0 Å². The van der Waals surface area contributed by atoms with Crippen LogP contribution in [0.3, 0.4) is 0 Å².